The molecule has 0 aliphatic carbocycles. The zero-order valence-corrected chi connectivity index (χ0v) is 16.5. The Morgan fingerprint density at radius 1 is 1.46 bits per heavy atom. The van der Waals surface area contributed by atoms with E-state index in [-0.39, 0.29) is 5.91 Å². The number of hydrogen-bond acceptors (Lipinski definition) is 6. The lowest BCUT2D eigenvalue weighted by molar-refractivity contribution is -0.121. The molecular formula is C19H19N3O2S2. The number of nitrogens with zero attached hydrogens (tertiary/aromatic N) is 3. The van der Waals surface area contributed by atoms with E-state index in [2.05, 4.69) is 16.6 Å². The summed E-state index contributed by atoms with van der Waals surface area (Å²) in [6.07, 6.45) is 1.70. The number of methoxy groups -OCH3 is 1. The summed E-state index contributed by atoms with van der Waals surface area (Å²) >= 11 is 2.83. The smallest absolute Gasteiger partial charge is 0.267 e. The summed E-state index contributed by atoms with van der Waals surface area (Å²) in [7, 11) is 1.63. The van der Waals surface area contributed by atoms with Gasteiger partial charge in [-0.25, -0.2) is 4.98 Å². The second-order valence-electron chi connectivity index (χ2n) is 5.66. The van der Waals surface area contributed by atoms with Gasteiger partial charge in [-0.15, -0.1) is 17.9 Å². The minimum atomic E-state index is -0.0674. The van der Waals surface area contributed by atoms with Crippen LogP contribution in [0, 0.1) is 6.92 Å². The topological polar surface area (TPSA) is 54.8 Å². The summed E-state index contributed by atoms with van der Waals surface area (Å²) in [5.41, 5.74) is 2.76. The summed E-state index contributed by atoms with van der Waals surface area (Å²) in [5.74, 6) is 0.690. The van der Waals surface area contributed by atoms with Gasteiger partial charge >= 0.3 is 0 Å². The van der Waals surface area contributed by atoms with Crippen molar-refractivity contribution < 1.29 is 9.53 Å². The van der Waals surface area contributed by atoms with Gasteiger partial charge in [0, 0.05) is 11.9 Å². The molecule has 1 aliphatic heterocycles. The lowest BCUT2D eigenvalue weighted by Crippen LogP contribution is -2.29. The molecule has 1 aromatic heterocycles. The highest BCUT2D eigenvalue weighted by molar-refractivity contribution is 8.18. The Hall–Kier alpha value is -2.38. The third-order valence-electron chi connectivity index (χ3n) is 3.82. The number of carbonyl (C=O) groups is 1. The van der Waals surface area contributed by atoms with Crippen LogP contribution < -0.4 is 4.74 Å². The number of benzene rings is 1. The molecule has 0 atom stereocenters. The first-order chi connectivity index (χ1) is 12.5. The normalized spacial score (nSPS) is 17.7. The van der Waals surface area contributed by atoms with Crippen molar-refractivity contribution in [3.63, 3.8) is 0 Å². The molecule has 0 bridgehead atoms. The Morgan fingerprint density at radius 2 is 2.27 bits per heavy atom. The van der Waals surface area contributed by atoms with E-state index >= 15 is 0 Å². The van der Waals surface area contributed by atoms with Crippen molar-refractivity contribution >= 4 is 44.9 Å². The third-order valence-corrected chi connectivity index (χ3v) is 5.85. The molecule has 0 unspecified atom stereocenters. The number of rotatable bonds is 5. The van der Waals surface area contributed by atoms with Crippen LogP contribution in [0.4, 0.5) is 5.13 Å². The van der Waals surface area contributed by atoms with Crippen molar-refractivity contribution in [2.45, 2.75) is 13.8 Å². The highest BCUT2D eigenvalue weighted by atomic mass is 32.2. The lowest BCUT2D eigenvalue weighted by Gasteiger charge is -2.12. The fourth-order valence-electron chi connectivity index (χ4n) is 2.47. The first-order valence-electron chi connectivity index (χ1n) is 8.00. The van der Waals surface area contributed by atoms with E-state index < -0.39 is 0 Å². The van der Waals surface area contributed by atoms with Crippen LogP contribution in [-0.4, -0.2) is 34.6 Å². The van der Waals surface area contributed by atoms with Crippen molar-refractivity contribution in [2.75, 3.05) is 13.7 Å². The monoisotopic (exact) mass is 385 g/mol. The number of aryl methyl sites for hydroxylation is 1. The maximum absolute atomic E-state index is 12.9. The maximum Gasteiger partial charge on any atom is 0.267 e. The summed E-state index contributed by atoms with van der Waals surface area (Å²) in [6.45, 7) is 8.02. The molecule has 2 aromatic rings. The second-order valence-corrected chi connectivity index (χ2v) is 7.47. The first kappa shape index (κ1) is 18.4. The molecule has 2 heterocycles. The number of amides is 1. The van der Waals surface area contributed by atoms with Crippen LogP contribution in [0.1, 0.15) is 18.2 Å². The summed E-state index contributed by atoms with van der Waals surface area (Å²) in [6, 6.07) is 7.69. The van der Waals surface area contributed by atoms with E-state index in [1.165, 1.54) is 23.1 Å². The molecule has 3 rings (SSSR count). The van der Waals surface area contributed by atoms with E-state index in [9.17, 15) is 4.79 Å². The van der Waals surface area contributed by atoms with Crippen LogP contribution in [0.3, 0.4) is 0 Å². The Balaban J connectivity index is 2.01. The largest absolute Gasteiger partial charge is 0.497 e. The summed E-state index contributed by atoms with van der Waals surface area (Å²) < 4.78 is 5.29. The fourth-order valence-corrected chi connectivity index (χ4v) is 4.24. The maximum atomic E-state index is 12.9. The lowest BCUT2D eigenvalue weighted by atomic mass is 10.1. The van der Waals surface area contributed by atoms with Crippen molar-refractivity contribution in [1.29, 1.82) is 0 Å². The summed E-state index contributed by atoms with van der Waals surface area (Å²) in [4.78, 5) is 24.2. The molecule has 0 N–H and O–H groups in total. The van der Waals surface area contributed by atoms with Crippen molar-refractivity contribution in [2.24, 2.45) is 4.99 Å². The number of hydrogen-bond donors (Lipinski definition) is 0. The Kier molecular flexibility index (Phi) is 5.58. The second kappa shape index (κ2) is 7.88. The highest BCUT2D eigenvalue weighted by Gasteiger charge is 2.34. The van der Waals surface area contributed by atoms with Gasteiger partial charge in [-0.3, -0.25) is 9.69 Å². The molecule has 1 aliphatic rings. The molecule has 134 valence electrons. The Labute approximate surface area is 161 Å². The molecule has 7 heteroatoms. The molecule has 0 spiro atoms. The summed E-state index contributed by atoms with van der Waals surface area (Å²) in [5, 5.41) is 3.21. The number of allylic oxidation sites excluding steroid dienone is 1. The number of thioether (sulfide) groups is 1. The van der Waals surface area contributed by atoms with Gasteiger partial charge in [0.2, 0.25) is 5.13 Å². The molecule has 5 nitrogen and oxygen atoms in total. The molecule has 0 saturated carbocycles. The fraction of sp³-hybridized carbons (Fsp3) is 0.211. The van der Waals surface area contributed by atoms with Crippen LogP contribution in [0.5, 0.6) is 5.75 Å². The number of thiazole rings is 1. The molecular weight excluding hydrogens is 366 g/mol. The van der Waals surface area contributed by atoms with Crippen LogP contribution >= 0.6 is 23.1 Å². The minimum Gasteiger partial charge on any atom is -0.497 e. The van der Waals surface area contributed by atoms with Crippen LogP contribution in [0.25, 0.3) is 5.57 Å². The van der Waals surface area contributed by atoms with Gasteiger partial charge < -0.3 is 4.74 Å². The molecule has 1 saturated heterocycles. The third kappa shape index (κ3) is 3.73. The Morgan fingerprint density at radius 3 is 2.92 bits per heavy atom. The standard InChI is InChI=1S/C19H19N3O2S2/c1-5-9-22-17(23)16(13(3)14-7-6-8-15(10-14)24-4)26-19(22)21-18-20-12(2)11-25-18/h5-8,10-11H,1,9H2,2-4H3/b16-13-,21-19+. The van der Waals surface area contributed by atoms with E-state index in [0.29, 0.717) is 21.7 Å². The van der Waals surface area contributed by atoms with Crippen molar-refractivity contribution in [1.82, 2.24) is 9.88 Å². The van der Waals surface area contributed by atoms with E-state index in [1.54, 1.807) is 18.1 Å². The Bertz CT molecular complexity index is 915. The van der Waals surface area contributed by atoms with Crippen LogP contribution in [0.15, 0.2) is 52.2 Å². The van der Waals surface area contributed by atoms with Gasteiger partial charge in [-0.2, -0.15) is 4.99 Å². The van der Waals surface area contributed by atoms with Gasteiger partial charge in [-0.05, 0) is 48.9 Å². The number of carbonyl (C=O) groups excluding carboxylic acids is 1. The number of ether oxygens (including phenoxy) is 1. The predicted octanol–water partition coefficient (Wildman–Crippen LogP) is 4.64. The molecule has 1 fully saturated rings. The van der Waals surface area contributed by atoms with Gasteiger partial charge in [0.25, 0.3) is 5.91 Å². The SMILES string of the molecule is C=CCN1C(=O)/C(=C(\C)c2cccc(OC)c2)S/C1=N/c1nc(C)cs1. The average Bonchev–Trinajstić information content (AvgIpc) is 3.19. The van der Waals surface area contributed by atoms with Crippen LogP contribution in [0.2, 0.25) is 0 Å². The van der Waals surface area contributed by atoms with Crippen molar-refractivity contribution in [3.8, 4) is 5.75 Å². The van der Waals surface area contributed by atoms with E-state index in [4.69, 9.17) is 4.74 Å². The zero-order valence-electron chi connectivity index (χ0n) is 14.9. The van der Waals surface area contributed by atoms with E-state index in [1.807, 2.05) is 43.5 Å². The molecule has 1 aromatic carbocycles. The van der Waals surface area contributed by atoms with Gasteiger partial charge in [0.15, 0.2) is 5.17 Å². The molecule has 0 radical (unpaired) electrons. The number of aromatic nitrogens is 1. The zero-order chi connectivity index (χ0) is 18.7. The van der Waals surface area contributed by atoms with E-state index in [0.717, 1.165) is 22.6 Å². The quantitative estimate of drug-likeness (QED) is 0.556. The molecule has 1 amide bonds. The van der Waals surface area contributed by atoms with Gasteiger partial charge in [0.05, 0.1) is 17.7 Å². The van der Waals surface area contributed by atoms with Crippen LogP contribution in [-0.2, 0) is 4.79 Å². The van der Waals surface area contributed by atoms with Crippen molar-refractivity contribution in [3.05, 3.63) is 58.5 Å². The first-order valence-corrected chi connectivity index (χ1v) is 9.70. The predicted molar refractivity (Wildman–Crippen MR) is 109 cm³/mol. The highest BCUT2D eigenvalue weighted by Crippen LogP contribution is 2.38. The van der Waals surface area contributed by atoms with Gasteiger partial charge in [-0.1, -0.05) is 18.2 Å². The average molecular weight is 386 g/mol. The van der Waals surface area contributed by atoms with Gasteiger partial charge in [0.1, 0.15) is 5.75 Å². The molecule has 26 heavy (non-hydrogen) atoms. The minimum absolute atomic E-state index is 0.0674. The number of amidine groups is 1. The number of aliphatic imine (C=N–C) groups is 1.